The van der Waals surface area contributed by atoms with Gasteiger partial charge in [0.15, 0.2) is 5.13 Å². The molecule has 2 N–H and O–H groups in total. The van der Waals surface area contributed by atoms with Crippen LogP contribution in [0.5, 0.6) is 0 Å². The quantitative estimate of drug-likeness (QED) is 0.749. The van der Waals surface area contributed by atoms with E-state index in [1.807, 2.05) is 13.8 Å². The van der Waals surface area contributed by atoms with Gasteiger partial charge in [-0.05, 0) is 48.7 Å². The Kier molecular flexibility index (Phi) is 4.25. The van der Waals surface area contributed by atoms with E-state index in [1.165, 1.54) is 29.0 Å². The van der Waals surface area contributed by atoms with E-state index in [4.69, 9.17) is 0 Å². The van der Waals surface area contributed by atoms with Crippen LogP contribution in [0.1, 0.15) is 16.7 Å². The van der Waals surface area contributed by atoms with Gasteiger partial charge in [-0.25, -0.2) is 14.2 Å². The van der Waals surface area contributed by atoms with Crippen LogP contribution in [0.3, 0.4) is 0 Å². The molecule has 0 fully saturated rings. The number of aromatic nitrogens is 1. The number of anilines is 1. The lowest BCUT2D eigenvalue weighted by Gasteiger charge is -2.05. The highest BCUT2D eigenvalue weighted by Crippen LogP contribution is 2.29. The zero-order chi connectivity index (χ0) is 16.4. The molecule has 0 aliphatic heterocycles. The van der Waals surface area contributed by atoms with Crippen molar-refractivity contribution in [3.8, 4) is 0 Å². The Bertz CT molecular complexity index is 858. The zero-order valence-corrected chi connectivity index (χ0v) is 13.6. The standard InChI is InChI=1S/C17H16FN3OS/c1-10-7-11(2)15-14(8-10)23-17(20-15)21-16(22)19-9-12-3-5-13(18)6-4-12/h3-8H,9H2,1-2H3,(H2,19,20,21,22). The predicted octanol–water partition coefficient (Wildman–Crippen LogP) is 4.37. The molecule has 2 amide bonds. The van der Waals surface area contributed by atoms with Crippen molar-refractivity contribution in [1.29, 1.82) is 0 Å². The van der Waals surface area contributed by atoms with Gasteiger partial charge in [-0.1, -0.05) is 29.5 Å². The summed E-state index contributed by atoms with van der Waals surface area (Å²) in [5.74, 6) is -0.293. The molecular formula is C17H16FN3OS. The molecule has 0 aliphatic carbocycles. The first kappa shape index (κ1) is 15.4. The Morgan fingerprint density at radius 1 is 1.22 bits per heavy atom. The minimum absolute atomic E-state index is 0.293. The second kappa shape index (κ2) is 6.34. The summed E-state index contributed by atoms with van der Waals surface area (Å²) in [5, 5.41) is 6.03. The summed E-state index contributed by atoms with van der Waals surface area (Å²) < 4.78 is 13.9. The Balaban J connectivity index is 1.65. The average Bonchev–Trinajstić information content (AvgIpc) is 2.89. The fourth-order valence-corrected chi connectivity index (χ4v) is 3.39. The molecule has 2 aromatic carbocycles. The third-order valence-electron chi connectivity index (χ3n) is 3.42. The van der Waals surface area contributed by atoms with Gasteiger partial charge in [-0.15, -0.1) is 0 Å². The lowest BCUT2D eigenvalue weighted by Crippen LogP contribution is -2.28. The molecule has 23 heavy (non-hydrogen) atoms. The van der Waals surface area contributed by atoms with E-state index in [0.29, 0.717) is 11.7 Å². The maximum Gasteiger partial charge on any atom is 0.321 e. The molecule has 0 aliphatic rings. The van der Waals surface area contributed by atoms with E-state index in [-0.39, 0.29) is 11.8 Å². The molecule has 1 heterocycles. The van der Waals surface area contributed by atoms with Gasteiger partial charge in [0.2, 0.25) is 0 Å². The Morgan fingerprint density at radius 2 is 1.96 bits per heavy atom. The second-order valence-electron chi connectivity index (χ2n) is 5.38. The number of aryl methyl sites for hydroxylation is 2. The monoisotopic (exact) mass is 329 g/mol. The fraction of sp³-hybridized carbons (Fsp3) is 0.176. The van der Waals surface area contributed by atoms with E-state index in [0.717, 1.165) is 21.3 Å². The lowest BCUT2D eigenvalue weighted by atomic mass is 10.1. The minimum Gasteiger partial charge on any atom is -0.334 e. The molecule has 118 valence electrons. The SMILES string of the molecule is Cc1cc(C)c2nc(NC(=O)NCc3ccc(F)cc3)sc2c1. The van der Waals surface area contributed by atoms with Crippen molar-refractivity contribution in [3.63, 3.8) is 0 Å². The largest absolute Gasteiger partial charge is 0.334 e. The number of thiazole rings is 1. The van der Waals surface area contributed by atoms with Gasteiger partial charge >= 0.3 is 6.03 Å². The molecule has 0 atom stereocenters. The molecule has 6 heteroatoms. The molecule has 0 spiro atoms. The summed E-state index contributed by atoms with van der Waals surface area (Å²) in [4.78, 5) is 16.4. The summed E-state index contributed by atoms with van der Waals surface area (Å²) in [5.41, 5.74) is 4.01. The molecule has 0 unspecified atom stereocenters. The zero-order valence-electron chi connectivity index (χ0n) is 12.8. The van der Waals surface area contributed by atoms with Crippen molar-refractivity contribution in [2.75, 3.05) is 5.32 Å². The first-order chi connectivity index (χ1) is 11.0. The van der Waals surface area contributed by atoms with Crippen molar-refractivity contribution in [1.82, 2.24) is 10.3 Å². The molecule has 0 bridgehead atoms. The van der Waals surface area contributed by atoms with Gasteiger partial charge in [0, 0.05) is 6.54 Å². The summed E-state index contributed by atoms with van der Waals surface area (Å²) in [6.07, 6.45) is 0. The number of benzene rings is 2. The van der Waals surface area contributed by atoms with E-state index < -0.39 is 0 Å². The van der Waals surface area contributed by atoms with E-state index >= 15 is 0 Å². The van der Waals surface area contributed by atoms with Crippen LogP contribution in [0.25, 0.3) is 10.2 Å². The van der Waals surface area contributed by atoms with E-state index in [9.17, 15) is 9.18 Å². The number of nitrogens with one attached hydrogen (secondary N) is 2. The third kappa shape index (κ3) is 3.65. The molecule has 0 radical (unpaired) electrons. The summed E-state index contributed by atoms with van der Waals surface area (Å²) in [7, 11) is 0. The molecular weight excluding hydrogens is 313 g/mol. The van der Waals surface area contributed by atoms with E-state index in [1.54, 1.807) is 12.1 Å². The average molecular weight is 329 g/mol. The Hall–Kier alpha value is -2.47. The van der Waals surface area contributed by atoms with E-state index in [2.05, 4.69) is 27.8 Å². The van der Waals surface area contributed by atoms with Crippen molar-refractivity contribution in [2.45, 2.75) is 20.4 Å². The molecule has 0 saturated heterocycles. The van der Waals surface area contributed by atoms with Gasteiger partial charge in [0.1, 0.15) is 5.82 Å². The number of halogens is 1. The number of urea groups is 1. The maximum atomic E-state index is 12.8. The van der Waals surface area contributed by atoms with Crippen LogP contribution >= 0.6 is 11.3 Å². The van der Waals surface area contributed by atoms with Crippen LogP contribution in [-0.2, 0) is 6.54 Å². The summed E-state index contributed by atoms with van der Waals surface area (Å²) >= 11 is 1.44. The van der Waals surface area contributed by atoms with Gasteiger partial charge in [-0.2, -0.15) is 0 Å². The molecule has 0 saturated carbocycles. The molecule has 3 rings (SSSR count). The number of hydrogen-bond acceptors (Lipinski definition) is 3. The maximum absolute atomic E-state index is 12.8. The number of hydrogen-bond donors (Lipinski definition) is 2. The summed E-state index contributed by atoms with van der Waals surface area (Å²) in [6.45, 7) is 4.37. The fourth-order valence-electron chi connectivity index (χ4n) is 2.35. The van der Waals surface area contributed by atoms with Crippen molar-refractivity contribution >= 4 is 32.7 Å². The molecule has 4 nitrogen and oxygen atoms in total. The predicted molar refractivity (Wildman–Crippen MR) is 91.4 cm³/mol. The first-order valence-corrected chi connectivity index (χ1v) is 8.00. The van der Waals surface area contributed by atoms with Gasteiger partial charge in [-0.3, -0.25) is 5.32 Å². The van der Waals surface area contributed by atoms with Crippen LogP contribution in [0.2, 0.25) is 0 Å². The Labute approximate surface area is 137 Å². The second-order valence-corrected chi connectivity index (χ2v) is 6.41. The van der Waals surface area contributed by atoms with Crippen LogP contribution in [-0.4, -0.2) is 11.0 Å². The van der Waals surface area contributed by atoms with Gasteiger partial charge < -0.3 is 5.32 Å². The highest BCUT2D eigenvalue weighted by molar-refractivity contribution is 7.22. The lowest BCUT2D eigenvalue weighted by molar-refractivity contribution is 0.251. The smallest absolute Gasteiger partial charge is 0.321 e. The first-order valence-electron chi connectivity index (χ1n) is 7.18. The molecule has 1 aromatic heterocycles. The summed E-state index contributed by atoms with van der Waals surface area (Å²) in [6, 6.07) is 9.81. The topological polar surface area (TPSA) is 54.0 Å². The number of fused-ring (bicyclic) bond motifs is 1. The van der Waals surface area contributed by atoms with Crippen LogP contribution < -0.4 is 10.6 Å². The van der Waals surface area contributed by atoms with Crippen LogP contribution in [0.15, 0.2) is 36.4 Å². The highest BCUT2D eigenvalue weighted by atomic mass is 32.1. The number of rotatable bonds is 3. The van der Waals surface area contributed by atoms with Crippen LogP contribution in [0, 0.1) is 19.7 Å². The number of nitrogens with zero attached hydrogens (tertiary/aromatic N) is 1. The van der Waals surface area contributed by atoms with Gasteiger partial charge in [0.25, 0.3) is 0 Å². The van der Waals surface area contributed by atoms with Crippen molar-refractivity contribution in [2.24, 2.45) is 0 Å². The Morgan fingerprint density at radius 3 is 2.70 bits per heavy atom. The van der Waals surface area contributed by atoms with Crippen molar-refractivity contribution < 1.29 is 9.18 Å². The number of amides is 2. The number of carbonyl (C=O) groups excluding carboxylic acids is 1. The number of carbonyl (C=O) groups is 1. The molecule has 3 aromatic rings. The normalized spacial score (nSPS) is 10.7. The highest BCUT2D eigenvalue weighted by Gasteiger charge is 2.09. The third-order valence-corrected chi connectivity index (χ3v) is 4.33. The van der Waals surface area contributed by atoms with Crippen LogP contribution in [0.4, 0.5) is 14.3 Å². The minimum atomic E-state index is -0.331. The van der Waals surface area contributed by atoms with Gasteiger partial charge in [0.05, 0.1) is 10.2 Å². The van der Waals surface area contributed by atoms with Crippen molar-refractivity contribution in [3.05, 3.63) is 58.9 Å².